The Labute approximate surface area is 171 Å². The largest absolute Gasteiger partial charge is 0.495 e. The molecule has 3 rings (SSSR count). The second-order valence-corrected chi connectivity index (χ2v) is 11.1. The highest BCUT2D eigenvalue weighted by molar-refractivity contribution is 7.92. The Balaban J connectivity index is 1.91. The number of benzene rings is 1. The van der Waals surface area contributed by atoms with Gasteiger partial charge in [0.05, 0.1) is 31.6 Å². The predicted molar refractivity (Wildman–Crippen MR) is 107 cm³/mol. The third-order valence-electron chi connectivity index (χ3n) is 5.39. The molecule has 0 saturated carbocycles. The number of ether oxygens (including phenoxy) is 2. The molecule has 1 aromatic rings. The summed E-state index contributed by atoms with van der Waals surface area (Å²) in [6.07, 6.45) is 2.05. The minimum Gasteiger partial charge on any atom is -0.495 e. The number of esters is 1. The molecule has 2 heterocycles. The van der Waals surface area contributed by atoms with Crippen LogP contribution in [-0.2, 0) is 29.6 Å². The zero-order valence-corrected chi connectivity index (χ0v) is 18.2. The molecule has 0 bridgehead atoms. The first-order valence-corrected chi connectivity index (χ1v) is 12.5. The molecule has 2 fully saturated rings. The Kier molecular flexibility index (Phi) is 6.39. The number of sulfonamides is 2. The van der Waals surface area contributed by atoms with Crippen LogP contribution < -0.4 is 9.04 Å². The number of hydrogen-bond donors (Lipinski definition) is 0. The highest BCUT2D eigenvalue weighted by Gasteiger charge is 2.35. The summed E-state index contributed by atoms with van der Waals surface area (Å²) in [5, 5.41) is 0. The molecule has 0 amide bonds. The predicted octanol–water partition coefficient (Wildman–Crippen LogP) is 1.20. The van der Waals surface area contributed by atoms with E-state index >= 15 is 0 Å². The van der Waals surface area contributed by atoms with E-state index in [9.17, 15) is 21.6 Å². The average molecular weight is 447 g/mol. The van der Waals surface area contributed by atoms with Crippen molar-refractivity contribution in [2.45, 2.75) is 30.6 Å². The average Bonchev–Trinajstić information content (AvgIpc) is 2.72. The van der Waals surface area contributed by atoms with Crippen molar-refractivity contribution in [2.75, 3.05) is 43.9 Å². The number of carbonyl (C=O) groups excluding carboxylic acids is 1. The maximum Gasteiger partial charge on any atom is 0.308 e. The van der Waals surface area contributed by atoms with Crippen molar-refractivity contribution in [1.29, 1.82) is 0 Å². The van der Waals surface area contributed by atoms with Gasteiger partial charge in [-0.3, -0.25) is 9.10 Å². The summed E-state index contributed by atoms with van der Waals surface area (Å²) in [5.74, 6) is -0.462. The molecule has 0 aromatic heterocycles. The molecular weight excluding hydrogens is 420 g/mol. The second kappa shape index (κ2) is 8.49. The fourth-order valence-electron chi connectivity index (χ4n) is 3.74. The molecule has 2 aliphatic rings. The van der Waals surface area contributed by atoms with Crippen LogP contribution >= 0.6 is 0 Å². The van der Waals surface area contributed by atoms with Crippen LogP contribution in [0.3, 0.4) is 0 Å². The van der Waals surface area contributed by atoms with Crippen molar-refractivity contribution in [3.63, 3.8) is 0 Å². The van der Waals surface area contributed by atoms with Gasteiger partial charge < -0.3 is 9.47 Å². The van der Waals surface area contributed by atoms with Crippen molar-refractivity contribution in [2.24, 2.45) is 5.92 Å². The molecule has 0 unspecified atom stereocenters. The smallest absolute Gasteiger partial charge is 0.308 e. The summed E-state index contributed by atoms with van der Waals surface area (Å²) in [6, 6.07) is 4.40. The van der Waals surface area contributed by atoms with Gasteiger partial charge in [-0.05, 0) is 43.9 Å². The number of methoxy groups -OCH3 is 2. The lowest BCUT2D eigenvalue weighted by molar-refractivity contribution is -0.146. The van der Waals surface area contributed by atoms with E-state index in [1.165, 1.54) is 35.0 Å². The molecule has 0 aliphatic carbocycles. The highest BCUT2D eigenvalue weighted by atomic mass is 32.2. The van der Waals surface area contributed by atoms with Crippen LogP contribution in [0.2, 0.25) is 0 Å². The van der Waals surface area contributed by atoms with Gasteiger partial charge in [-0.25, -0.2) is 16.8 Å². The molecule has 29 heavy (non-hydrogen) atoms. The van der Waals surface area contributed by atoms with Crippen molar-refractivity contribution in [3.8, 4) is 5.75 Å². The number of piperidine rings is 1. The van der Waals surface area contributed by atoms with E-state index in [1.54, 1.807) is 6.07 Å². The molecule has 0 spiro atoms. The highest BCUT2D eigenvalue weighted by Crippen LogP contribution is 2.34. The first-order chi connectivity index (χ1) is 13.7. The van der Waals surface area contributed by atoms with Gasteiger partial charge >= 0.3 is 5.97 Å². The van der Waals surface area contributed by atoms with Crippen molar-refractivity contribution < 1.29 is 31.1 Å². The monoisotopic (exact) mass is 446 g/mol. The van der Waals surface area contributed by atoms with Crippen molar-refractivity contribution in [1.82, 2.24) is 4.31 Å². The van der Waals surface area contributed by atoms with Crippen LogP contribution in [0.4, 0.5) is 5.69 Å². The standard InChI is InChI=1S/C18H26N2O7S2/c1-26-16-6-5-15(20-9-3-4-12-28(20,22)23)13-17(16)29(24,25)19-10-7-14(8-11-19)18(21)27-2/h5-6,13-14H,3-4,7-12H2,1-2H3. The molecule has 0 N–H and O–H groups in total. The lowest BCUT2D eigenvalue weighted by Gasteiger charge is -2.31. The van der Waals surface area contributed by atoms with Crippen molar-refractivity contribution >= 4 is 31.7 Å². The third-order valence-corrected chi connectivity index (χ3v) is 9.18. The van der Waals surface area contributed by atoms with Gasteiger partial charge in [0.15, 0.2) is 0 Å². The number of nitrogens with zero attached hydrogens (tertiary/aromatic N) is 2. The van der Waals surface area contributed by atoms with Gasteiger partial charge in [0, 0.05) is 19.6 Å². The van der Waals surface area contributed by atoms with E-state index in [1.807, 2.05) is 0 Å². The minimum atomic E-state index is -3.92. The van der Waals surface area contributed by atoms with Crippen LogP contribution in [0.15, 0.2) is 23.1 Å². The van der Waals surface area contributed by atoms with Gasteiger partial charge in [-0.2, -0.15) is 4.31 Å². The Bertz CT molecular complexity index is 968. The summed E-state index contributed by atoms with van der Waals surface area (Å²) in [7, 11) is -4.71. The van der Waals surface area contributed by atoms with Gasteiger partial charge in [-0.1, -0.05) is 0 Å². The number of hydrogen-bond acceptors (Lipinski definition) is 7. The van der Waals surface area contributed by atoms with E-state index in [-0.39, 0.29) is 41.4 Å². The Morgan fingerprint density at radius 1 is 1.10 bits per heavy atom. The van der Waals surface area contributed by atoms with Crippen LogP contribution in [-0.4, -0.2) is 66.7 Å². The molecule has 2 saturated heterocycles. The van der Waals surface area contributed by atoms with E-state index < -0.39 is 20.0 Å². The first-order valence-electron chi connectivity index (χ1n) is 9.47. The van der Waals surface area contributed by atoms with E-state index in [2.05, 4.69) is 0 Å². The zero-order valence-electron chi connectivity index (χ0n) is 16.5. The summed E-state index contributed by atoms with van der Waals surface area (Å²) in [6.45, 7) is 0.674. The van der Waals surface area contributed by atoms with Crippen LogP contribution in [0.1, 0.15) is 25.7 Å². The lowest BCUT2D eigenvalue weighted by Crippen LogP contribution is -2.41. The maximum atomic E-state index is 13.3. The Hall–Kier alpha value is -1.85. The first kappa shape index (κ1) is 21.8. The summed E-state index contributed by atoms with van der Waals surface area (Å²) in [4.78, 5) is 11.6. The number of rotatable bonds is 5. The van der Waals surface area contributed by atoms with Gasteiger partial charge in [0.25, 0.3) is 0 Å². The normalized spacial score (nSPS) is 21.0. The van der Waals surface area contributed by atoms with Crippen LogP contribution in [0.5, 0.6) is 5.75 Å². The minimum absolute atomic E-state index is 0.0438. The van der Waals surface area contributed by atoms with E-state index in [0.29, 0.717) is 37.9 Å². The molecule has 0 radical (unpaired) electrons. The number of anilines is 1. The van der Waals surface area contributed by atoms with Crippen LogP contribution in [0.25, 0.3) is 0 Å². The quantitative estimate of drug-likeness (QED) is 0.625. The van der Waals surface area contributed by atoms with Crippen molar-refractivity contribution in [3.05, 3.63) is 18.2 Å². The number of carbonyl (C=O) groups is 1. The van der Waals surface area contributed by atoms with Gasteiger partial charge in [0.2, 0.25) is 20.0 Å². The fourth-order valence-corrected chi connectivity index (χ4v) is 7.01. The summed E-state index contributed by atoms with van der Waals surface area (Å²) < 4.78 is 63.9. The van der Waals surface area contributed by atoms with E-state index in [4.69, 9.17) is 9.47 Å². The molecule has 2 aliphatic heterocycles. The molecule has 0 atom stereocenters. The van der Waals surface area contributed by atoms with Gasteiger partial charge in [0.1, 0.15) is 10.6 Å². The van der Waals surface area contributed by atoms with Crippen LogP contribution in [0, 0.1) is 5.92 Å². The topological polar surface area (TPSA) is 110 Å². The SMILES string of the molecule is COC(=O)C1CCN(S(=O)(=O)c2cc(N3CCCCS3(=O)=O)ccc2OC)CC1. The molecule has 162 valence electrons. The summed E-state index contributed by atoms with van der Waals surface area (Å²) >= 11 is 0. The molecular formula is C18H26N2O7S2. The third kappa shape index (κ3) is 4.36. The van der Waals surface area contributed by atoms with Gasteiger partial charge in [-0.15, -0.1) is 0 Å². The fraction of sp³-hybridized carbons (Fsp3) is 0.611. The maximum absolute atomic E-state index is 13.3. The molecule has 1 aromatic carbocycles. The Morgan fingerprint density at radius 3 is 2.38 bits per heavy atom. The summed E-state index contributed by atoms with van der Waals surface area (Å²) in [5.41, 5.74) is 0.313. The molecule has 11 heteroatoms. The lowest BCUT2D eigenvalue weighted by atomic mass is 9.99. The zero-order chi connectivity index (χ0) is 21.2. The van der Waals surface area contributed by atoms with E-state index in [0.717, 1.165) is 0 Å². The second-order valence-electron chi connectivity index (χ2n) is 7.13. The molecule has 9 nitrogen and oxygen atoms in total. The Morgan fingerprint density at radius 2 is 1.79 bits per heavy atom.